The number of hydrogen-bond acceptors (Lipinski definition) is 5. The number of thiophene rings is 1. The van der Waals surface area contributed by atoms with Gasteiger partial charge in [0.2, 0.25) is 5.91 Å². The molecule has 2 amide bonds. The standard InChI is InChI=1S/C21H25ClN2O4S/c1-12-8-16(24-20(26)21(2,3)4)29-18(12)19(25)23-11-13-9-14(22)17-15(10-13)27-6-5-7-28-17/h8-10H,5-7,11H2,1-4H3,(H,23,25)(H,24,26). The molecule has 0 radical (unpaired) electrons. The Balaban J connectivity index is 1.68. The van der Waals surface area contributed by atoms with Gasteiger partial charge in [-0.05, 0) is 36.2 Å². The first-order valence-electron chi connectivity index (χ1n) is 9.43. The van der Waals surface area contributed by atoms with Crippen LogP contribution < -0.4 is 20.1 Å². The lowest BCUT2D eigenvalue weighted by molar-refractivity contribution is -0.123. The molecule has 8 heteroatoms. The van der Waals surface area contributed by atoms with Crippen molar-refractivity contribution in [3.05, 3.63) is 39.2 Å². The van der Waals surface area contributed by atoms with Crippen molar-refractivity contribution in [2.45, 2.75) is 40.7 Å². The van der Waals surface area contributed by atoms with Crippen molar-refractivity contribution in [1.29, 1.82) is 0 Å². The number of aryl methyl sites for hydroxylation is 1. The second kappa shape index (κ2) is 8.63. The van der Waals surface area contributed by atoms with Gasteiger partial charge in [0.15, 0.2) is 11.5 Å². The minimum Gasteiger partial charge on any atom is -0.489 e. The fraction of sp³-hybridized carbons (Fsp3) is 0.429. The molecule has 0 atom stereocenters. The number of rotatable bonds is 4. The third-order valence-electron chi connectivity index (χ3n) is 4.36. The zero-order chi connectivity index (χ0) is 21.2. The zero-order valence-corrected chi connectivity index (χ0v) is 18.6. The van der Waals surface area contributed by atoms with E-state index in [4.69, 9.17) is 21.1 Å². The second-order valence-electron chi connectivity index (χ2n) is 7.96. The van der Waals surface area contributed by atoms with Gasteiger partial charge in [0.1, 0.15) is 0 Å². The monoisotopic (exact) mass is 436 g/mol. The number of halogens is 1. The summed E-state index contributed by atoms with van der Waals surface area (Å²) in [5.41, 5.74) is 1.13. The molecule has 0 aliphatic carbocycles. The molecular formula is C21H25ClN2O4S. The number of carbonyl (C=O) groups is 2. The first-order valence-corrected chi connectivity index (χ1v) is 10.6. The minimum absolute atomic E-state index is 0.0902. The summed E-state index contributed by atoms with van der Waals surface area (Å²) in [5.74, 6) is 0.853. The molecule has 1 aliphatic rings. The lowest BCUT2D eigenvalue weighted by Gasteiger charge is -2.16. The van der Waals surface area contributed by atoms with Crippen LogP contribution in [-0.4, -0.2) is 25.0 Å². The van der Waals surface area contributed by atoms with Gasteiger partial charge in [0.25, 0.3) is 5.91 Å². The normalized spacial score (nSPS) is 13.6. The molecule has 1 aromatic carbocycles. The van der Waals surface area contributed by atoms with Crippen molar-refractivity contribution in [1.82, 2.24) is 5.32 Å². The van der Waals surface area contributed by atoms with Gasteiger partial charge < -0.3 is 20.1 Å². The van der Waals surface area contributed by atoms with Gasteiger partial charge in [-0.2, -0.15) is 0 Å². The van der Waals surface area contributed by atoms with E-state index in [1.54, 1.807) is 6.07 Å². The molecule has 2 N–H and O–H groups in total. The highest BCUT2D eigenvalue weighted by Gasteiger charge is 2.23. The highest BCUT2D eigenvalue weighted by molar-refractivity contribution is 7.18. The Labute approximate surface area is 179 Å². The van der Waals surface area contributed by atoms with E-state index < -0.39 is 5.41 Å². The largest absolute Gasteiger partial charge is 0.489 e. The van der Waals surface area contributed by atoms with E-state index in [1.807, 2.05) is 39.8 Å². The number of benzene rings is 1. The van der Waals surface area contributed by atoms with Gasteiger partial charge in [-0.1, -0.05) is 32.4 Å². The fourth-order valence-corrected chi connectivity index (χ4v) is 3.99. The van der Waals surface area contributed by atoms with E-state index >= 15 is 0 Å². The van der Waals surface area contributed by atoms with E-state index in [0.29, 0.717) is 46.2 Å². The third-order valence-corrected chi connectivity index (χ3v) is 5.79. The molecule has 0 fully saturated rings. The third kappa shape index (κ3) is 5.22. The maximum absolute atomic E-state index is 12.7. The summed E-state index contributed by atoms with van der Waals surface area (Å²) < 4.78 is 11.3. The van der Waals surface area contributed by atoms with Crippen LogP contribution in [0.1, 0.15) is 48.0 Å². The summed E-state index contributed by atoms with van der Waals surface area (Å²) in [6.07, 6.45) is 0.794. The Morgan fingerprint density at radius 3 is 2.62 bits per heavy atom. The van der Waals surface area contributed by atoms with Crippen LogP contribution >= 0.6 is 22.9 Å². The van der Waals surface area contributed by atoms with Gasteiger partial charge in [-0.25, -0.2) is 0 Å². The molecule has 0 spiro atoms. The SMILES string of the molecule is Cc1cc(NC(=O)C(C)(C)C)sc1C(=O)NCc1cc(Cl)c2c(c1)OCCCO2. The highest BCUT2D eigenvalue weighted by atomic mass is 35.5. The highest BCUT2D eigenvalue weighted by Crippen LogP contribution is 2.38. The Kier molecular flexibility index (Phi) is 6.39. The summed E-state index contributed by atoms with van der Waals surface area (Å²) in [5, 5.41) is 6.90. The maximum atomic E-state index is 12.7. The van der Waals surface area contributed by atoms with E-state index in [2.05, 4.69) is 10.6 Å². The van der Waals surface area contributed by atoms with Crippen LogP contribution in [0.5, 0.6) is 11.5 Å². The summed E-state index contributed by atoms with van der Waals surface area (Å²) in [6.45, 7) is 8.81. The van der Waals surface area contributed by atoms with E-state index in [0.717, 1.165) is 17.5 Å². The predicted octanol–water partition coefficient (Wildman–Crippen LogP) is 4.79. The van der Waals surface area contributed by atoms with Crippen LogP contribution in [0.15, 0.2) is 18.2 Å². The molecule has 1 aliphatic heterocycles. The summed E-state index contributed by atoms with van der Waals surface area (Å²) in [6, 6.07) is 5.42. The molecule has 6 nitrogen and oxygen atoms in total. The van der Waals surface area contributed by atoms with E-state index in [1.165, 1.54) is 11.3 Å². The molecular weight excluding hydrogens is 412 g/mol. The maximum Gasteiger partial charge on any atom is 0.261 e. The van der Waals surface area contributed by atoms with Crippen LogP contribution in [-0.2, 0) is 11.3 Å². The van der Waals surface area contributed by atoms with Crippen molar-refractivity contribution in [3.63, 3.8) is 0 Å². The Bertz CT molecular complexity index is 933. The minimum atomic E-state index is -0.503. The number of nitrogens with one attached hydrogen (secondary N) is 2. The van der Waals surface area contributed by atoms with Crippen molar-refractivity contribution in [2.75, 3.05) is 18.5 Å². The molecule has 0 saturated heterocycles. The average molecular weight is 437 g/mol. The van der Waals surface area contributed by atoms with Crippen LogP contribution in [0.4, 0.5) is 5.00 Å². The number of amides is 2. The summed E-state index contributed by atoms with van der Waals surface area (Å²) in [4.78, 5) is 25.4. The predicted molar refractivity (Wildman–Crippen MR) is 115 cm³/mol. The number of hydrogen-bond donors (Lipinski definition) is 2. The number of anilines is 1. The van der Waals surface area contributed by atoms with Crippen LogP contribution in [0, 0.1) is 12.3 Å². The van der Waals surface area contributed by atoms with Gasteiger partial charge in [-0.15, -0.1) is 11.3 Å². The van der Waals surface area contributed by atoms with Gasteiger partial charge in [0.05, 0.1) is 28.1 Å². The Morgan fingerprint density at radius 2 is 1.90 bits per heavy atom. The topological polar surface area (TPSA) is 76.7 Å². The average Bonchev–Trinajstić information content (AvgIpc) is 2.85. The zero-order valence-electron chi connectivity index (χ0n) is 17.0. The molecule has 2 heterocycles. The van der Waals surface area contributed by atoms with Crippen LogP contribution in [0.3, 0.4) is 0 Å². The van der Waals surface area contributed by atoms with E-state index in [-0.39, 0.29) is 11.8 Å². The first kappa shape index (κ1) is 21.5. The smallest absolute Gasteiger partial charge is 0.261 e. The second-order valence-corrected chi connectivity index (χ2v) is 9.42. The summed E-state index contributed by atoms with van der Waals surface area (Å²) in [7, 11) is 0. The lowest BCUT2D eigenvalue weighted by atomic mass is 9.96. The fourth-order valence-electron chi connectivity index (χ4n) is 2.72. The Morgan fingerprint density at radius 1 is 1.17 bits per heavy atom. The van der Waals surface area contributed by atoms with Crippen molar-refractivity contribution in [3.8, 4) is 11.5 Å². The van der Waals surface area contributed by atoms with E-state index in [9.17, 15) is 9.59 Å². The number of carbonyl (C=O) groups excluding carboxylic acids is 2. The lowest BCUT2D eigenvalue weighted by Crippen LogP contribution is -2.27. The molecule has 3 rings (SSSR count). The van der Waals surface area contributed by atoms with Crippen LogP contribution in [0.2, 0.25) is 5.02 Å². The van der Waals surface area contributed by atoms with Gasteiger partial charge in [0, 0.05) is 18.4 Å². The van der Waals surface area contributed by atoms with Gasteiger partial charge in [-0.3, -0.25) is 9.59 Å². The molecule has 0 saturated carbocycles. The van der Waals surface area contributed by atoms with Crippen LogP contribution in [0.25, 0.3) is 0 Å². The summed E-state index contributed by atoms with van der Waals surface area (Å²) >= 11 is 7.57. The molecule has 1 aromatic heterocycles. The van der Waals surface area contributed by atoms with Gasteiger partial charge >= 0.3 is 0 Å². The molecule has 2 aromatic rings. The number of ether oxygens (including phenoxy) is 2. The Hall–Kier alpha value is -2.25. The van der Waals surface area contributed by atoms with Crippen molar-refractivity contribution >= 4 is 39.8 Å². The molecule has 0 unspecified atom stereocenters. The van der Waals surface area contributed by atoms with Crippen molar-refractivity contribution in [2.24, 2.45) is 5.41 Å². The number of fused-ring (bicyclic) bond motifs is 1. The molecule has 29 heavy (non-hydrogen) atoms. The quantitative estimate of drug-likeness (QED) is 0.722. The molecule has 156 valence electrons. The first-order chi connectivity index (χ1) is 13.6. The van der Waals surface area contributed by atoms with Crippen molar-refractivity contribution < 1.29 is 19.1 Å². The molecule has 0 bridgehead atoms.